The summed E-state index contributed by atoms with van der Waals surface area (Å²) in [5.74, 6) is -0.573. The van der Waals surface area contributed by atoms with Gasteiger partial charge in [0.2, 0.25) is 15.9 Å². The third-order valence-electron chi connectivity index (χ3n) is 5.36. The van der Waals surface area contributed by atoms with Crippen LogP contribution in [0, 0.1) is 6.92 Å². The second-order valence-corrected chi connectivity index (χ2v) is 9.85. The predicted molar refractivity (Wildman–Crippen MR) is 116 cm³/mol. The van der Waals surface area contributed by atoms with Crippen LogP contribution >= 0.6 is 11.6 Å². The van der Waals surface area contributed by atoms with Crippen molar-refractivity contribution in [2.45, 2.75) is 24.7 Å². The standard InChI is InChI=1S/C20H23ClN4O5S/c1-13-18(31(28,29)25-7-2-3-8-25)11-17(30-13)20(27)23-14-4-5-16(15(21)10-14)24-9-6-22-19(26)12-24/h4-5,10-11H,2-3,6-9,12H2,1H3,(H,22,26)(H,23,27). The molecular weight excluding hydrogens is 444 g/mol. The van der Waals surface area contributed by atoms with Gasteiger partial charge in [-0.05, 0) is 38.0 Å². The average molecular weight is 467 g/mol. The number of furan rings is 1. The molecule has 0 atom stereocenters. The average Bonchev–Trinajstić information content (AvgIpc) is 3.38. The zero-order valence-electron chi connectivity index (χ0n) is 17.0. The Balaban J connectivity index is 1.50. The number of hydrogen-bond acceptors (Lipinski definition) is 6. The highest BCUT2D eigenvalue weighted by Crippen LogP contribution is 2.30. The first-order valence-electron chi connectivity index (χ1n) is 9.99. The Morgan fingerprint density at radius 3 is 2.61 bits per heavy atom. The number of carbonyl (C=O) groups is 2. The number of piperazine rings is 1. The second-order valence-electron chi connectivity index (χ2n) is 7.53. The molecule has 2 N–H and O–H groups in total. The third kappa shape index (κ3) is 4.41. The highest BCUT2D eigenvalue weighted by Gasteiger charge is 2.31. The van der Waals surface area contributed by atoms with Crippen molar-refractivity contribution in [1.82, 2.24) is 9.62 Å². The summed E-state index contributed by atoms with van der Waals surface area (Å²) in [6.07, 6.45) is 1.64. The van der Waals surface area contributed by atoms with Gasteiger partial charge in [0.05, 0.1) is 17.3 Å². The maximum Gasteiger partial charge on any atom is 0.291 e. The Morgan fingerprint density at radius 1 is 1.19 bits per heavy atom. The van der Waals surface area contributed by atoms with Crippen molar-refractivity contribution in [1.29, 1.82) is 0 Å². The molecular formula is C20H23ClN4O5S. The molecule has 1 aromatic heterocycles. The molecule has 2 aliphatic rings. The van der Waals surface area contributed by atoms with E-state index in [9.17, 15) is 18.0 Å². The van der Waals surface area contributed by atoms with Crippen LogP contribution in [0.15, 0.2) is 33.6 Å². The van der Waals surface area contributed by atoms with Crippen molar-refractivity contribution in [3.05, 3.63) is 40.8 Å². The minimum atomic E-state index is -3.68. The third-order valence-corrected chi connectivity index (χ3v) is 7.67. The van der Waals surface area contributed by atoms with Gasteiger partial charge in [-0.2, -0.15) is 4.31 Å². The molecule has 31 heavy (non-hydrogen) atoms. The summed E-state index contributed by atoms with van der Waals surface area (Å²) in [6.45, 7) is 3.85. The molecule has 1 aromatic carbocycles. The Hall–Kier alpha value is -2.56. The van der Waals surface area contributed by atoms with E-state index < -0.39 is 15.9 Å². The number of halogens is 1. The van der Waals surface area contributed by atoms with Crippen LogP contribution < -0.4 is 15.5 Å². The number of benzene rings is 1. The van der Waals surface area contributed by atoms with Crippen LogP contribution in [-0.2, 0) is 14.8 Å². The number of hydrogen-bond donors (Lipinski definition) is 2. The summed E-state index contributed by atoms with van der Waals surface area (Å²) < 4.78 is 32.4. The molecule has 166 valence electrons. The summed E-state index contributed by atoms with van der Waals surface area (Å²) in [6, 6.07) is 6.25. The van der Waals surface area contributed by atoms with Crippen molar-refractivity contribution in [3.63, 3.8) is 0 Å². The van der Waals surface area contributed by atoms with Crippen molar-refractivity contribution >= 4 is 44.8 Å². The minimum Gasteiger partial charge on any atom is -0.455 e. The zero-order chi connectivity index (χ0) is 22.2. The highest BCUT2D eigenvalue weighted by atomic mass is 35.5. The first-order valence-corrected chi connectivity index (χ1v) is 11.8. The zero-order valence-corrected chi connectivity index (χ0v) is 18.6. The molecule has 2 fully saturated rings. The van der Waals surface area contributed by atoms with E-state index >= 15 is 0 Å². The number of carbonyl (C=O) groups excluding carboxylic acids is 2. The molecule has 2 aromatic rings. The largest absolute Gasteiger partial charge is 0.455 e. The molecule has 4 rings (SSSR count). The summed E-state index contributed by atoms with van der Waals surface area (Å²) in [4.78, 5) is 26.1. The van der Waals surface area contributed by atoms with Gasteiger partial charge in [-0.3, -0.25) is 9.59 Å². The van der Waals surface area contributed by atoms with Crippen molar-refractivity contribution < 1.29 is 22.4 Å². The molecule has 0 radical (unpaired) electrons. The van der Waals surface area contributed by atoms with Crippen LogP contribution in [0.4, 0.5) is 11.4 Å². The van der Waals surface area contributed by atoms with Crippen molar-refractivity contribution in [2.75, 3.05) is 42.9 Å². The maximum atomic E-state index is 12.8. The summed E-state index contributed by atoms with van der Waals surface area (Å²) in [5.41, 5.74) is 1.13. The Morgan fingerprint density at radius 2 is 1.94 bits per heavy atom. The number of nitrogens with zero attached hydrogens (tertiary/aromatic N) is 2. The number of sulfonamides is 1. The summed E-state index contributed by atoms with van der Waals surface area (Å²) in [5, 5.41) is 5.82. The molecule has 2 saturated heterocycles. The van der Waals surface area contributed by atoms with Crippen LogP contribution in [0.1, 0.15) is 29.2 Å². The molecule has 0 bridgehead atoms. The monoisotopic (exact) mass is 466 g/mol. The summed E-state index contributed by atoms with van der Waals surface area (Å²) >= 11 is 6.37. The first-order chi connectivity index (χ1) is 14.8. The number of nitrogens with one attached hydrogen (secondary N) is 2. The number of aryl methyl sites for hydroxylation is 1. The van der Waals surface area contributed by atoms with Crippen LogP contribution in [0.5, 0.6) is 0 Å². The van der Waals surface area contributed by atoms with Gasteiger partial charge < -0.3 is 20.0 Å². The van der Waals surface area contributed by atoms with Crippen LogP contribution in [-0.4, -0.2) is 57.3 Å². The van der Waals surface area contributed by atoms with Gasteiger partial charge in [-0.15, -0.1) is 0 Å². The molecule has 3 heterocycles. The fraction of sp³-hybridized carbons (Fsp3) is 0.400. The van der Waals surface area contributed by atoms with E-state index in [0.717, 1.165) is 12.8 Å². The van der Waals surface area contributed by atoms with Gasteiger partial charge in [0, 0.05) is 37.9 Å². The van der Waals surface area contributed by atoms with Crippen LogP contribution in [0.3, 0.4) is 0 Å². The lowest BCUT2D eigenvalue weighted by Gasteiger charge is -2.29. The van der Waals surface area contributed by atoms with Crippen LogP contribution in [0.25, 0.3) is 0 Å². The Labute approximate surface area is 185 Å². The first kappa shape index (κ1) is 21.7. The van der Waals surface area contributed by atoms with E-state index in [0.29, 0.717) is 42.6 Å². The molecule has 0 saturated carbocycles. The number of anilines is 2. The Bertz CT molecular complexity index is 1120. The van der Waals surface area contributed by atoms with Gasteiger partial charge >= 0.3 is 0 Å². The molecule has 2 aliphatic heterocycles. The summed E-state index contributed by atoms with van der Waals surface area (Å²) in [7, 11) is -3.68. The second kappa shape index (κ2) is 8.52. The molecule has 9 nitrogen and oxygen atoms in total. The highest BCUT2D eigenvalue weighted by molar-refractivity contribution is 7.89. The fourth-order valence-corrected chi connectivity index (χ4v) is 5.76. The predicted octanol–water partition coefficient (Wildman–Crippen LogP) is 2.21. The van der Waals surface area contributed by atoms with Gasteiger partial charge in [0.25, 0.3) is 5.91 Å². The van der Waals surface area contributed by atoms with E-state index in [2.05, 4.69) is 10.6 Å². The normalized spacial score (nSPS) is 17.6. The smallest absolute Gasteiger partial charge is 0.291 e. The maximum absolute atomic E-state index is 12.8. The van der Waals surface area contributed by atoms with E-state index in [-0.39, 0.29) is 28.9 Å². The van der Waals surface area contributed by atoms with Gasteiger partial charge in [0.15, 0.2) is 5.76 Å². The van der Waals surface area contributed by atoms with Gasteiger partial charge in [-0.1, -0.05) is 11.6 Å². The molecule has 11 heteroatoms. The topological polar surface area (TPSA) is 112 Å². The minimum absolute atomic E-state index is 0.0105. The Kier molecular flexibility index (Phi) is 5.96. The van der Waals surface area contributed by atoms with E-state index in [4.69, 9.17) is 16.0 Å². The van der Waals surface area contributed by atoms with Crippen LogP contribution in [0.2, 0.25) is 5.02 Å². The SMILES string of the molecule is Cc1oc(C(=O)Nc2ccc(N3CCNC(=O)C3)c(Cl)c2)cc1S(=O)(=O)N1CCCC1. The lowest BCUT2D eigenvalue weighted by Crippen LogP contribution is -2.47. The lowest BCUT2D eigenvalue weighted by atomic mass is 10.2. The molecule has 2 amide bonds. The van der Waals surface area contributed by atoms with Crippen molar-refractivity contribution in [3.8, 4) is 0 Å². The van der Waals surface area contributed by atoms with E-state index in [1.807, 2.05) is 4.90 Å². The molecule has 0 unspecified atom stereocenters. The van der Waals surface area contributed by atoms with E-state index in [1.54, 1.807) is 18.2 Å². The number of rotatable bonds is 5. The number of amides is 2. The van der Waals surface area contributed by atoms with Crippen molar-refractivity contribution in [2.24, 2.45) is 0 Å². The van der Waals surface area contributed by atoms with Gasteiger partial charge in [0.1, 0.15) is 10.7 Å². The quantitative estimate of drug-likeness (QED) is 0.698. The lowest BCUT2D eigenvalue weighted by molar-refractivity contribution is -0.120. The molecule has 0 spiro atoms. The van der Waals surface area contributed by atoms with E-state index in [1.165, 1.54) is 17.3 Å². The molecule has 0 aliphatic carbocycles. The fourth-order valence-electron chi connectivity index (χ4n) is 3.78. The van der Waals surface area contributed by atoms with Gasteiger partial charge in [-0.25, -0.2) is 8.42 Å².